The topological polar surface area (TPSA) is 100 Å². The fourth-order valence-corrected chi connectivity index (χ4v) is 3.77. The number of rotatable bonds is 4. The zero-order valence-corrected chi connectivity index (χ0v) is 15.7. The Morgan fingerprint density at radius 1 is 1.07 bits per heavy atom. The van der Waals surface area contributed by atoms with Gasteiger partial charge in [0, 0.05) is 16.9 Å². The average Bonchev–Trinajstić information content (AvgIpc) is 3.23. The highest BCUT2D eigenvalue weighted by Gasteiger charge is 2.21. The first kappa shape index (κ1) is 17.9. The second-order valence-electron chi connectivity index (χ2n) is 6.30. The SMILES string of the molecule is Cc1nc(NC(=O)c2ccc3c(c2)CC(=O)N3)sc1C(=O)Nc1ccccc1. The lowest BCUT2D eigenvalue weighted by molar-refractivity contribution is -0.115. The number of carbonyl (C=O) groups is 3. The average molecular weight is 392 g/mol. The van der Waals surface area contributed by atoms with Crippen molar-refractivity contribution >= 4 is 45.6 Å². The molecular formula is C20H16N4O3S. The first-order valence-electron chi connectivity index (χ1n) is 8.57. The van der Waals surface area contributed by atoms with Crippen LogP contribution in [0.15, 0.2) is 48.5 Å². The van der Waals surface area contributed by atoms with Gasteiger partial charge in [-0.2, -0.15) is 0 Å². The minimum absolute atomic E-state index is 0.0859. The zero-order chi connectivity index (χ0) is 19.7. The number of hydrogen-bond donors (Lipinski definition) is 3. The van der Waals surface area contributed by atoms with Crippen molar-refractivity contribution in [1.82, 2.24) is 4.98 Å². The fourth-order valence-electron chi connectivity index (χ4n) is 2.91. The Morgan fingerprint density at radius 3 is 2.64 bits per heavy atom. The van der Waals surface area contributed by atoms with Gasteiger partial charge in [0.05, 0.1) is 12.1 Å². The van der Waals surface area contributed by atoms with Crippen molar-refractivity contribution < 1.29 is 14.4 Å². The van der Waals surface area contributed by atoms with E-state index in [9.17, 15) is 14.4 Å². The van der Waals surface area contributed by atoms with Gasteiger partial charge in [0.1, 0.15) is 4.88 Å². The van der Waals surface area contributed by atoms with Crippen molar-refractivity contribution in [2.45, 2.75) is 13.3 Å². The standard InChI is InChI=1S/C20H16N4O3S/c1-11-17(19(27)22-14-5-3-2-4-6-14)28-20(21-11)24-18(26)12-7-8-15-13(9-12)10-16(25)23-15/h2-9H,10H2,1H3,(H,22,27)(H,23,25)(H,21,24,26). The van der Waals surface area contributed by atoms with Crippen LogP contribution in [0.4, 0.5) is 16.5 Å². The Hall–Kier alpha value is -3.52. The molecule has 0 saturated carbocycles. The van der Waals surface area contributed by atoms with Crippen LogP contribution in [0.25, 0.3) is 0 Å². The molecule has 140 valence electrons. The Bertz CT molecular complexity index is 1090. The largest absolute Gasteiger partial charge is 0.326 e. The van der Waals surface area contributed by atoms with Gasteiger partial charge in [0.25, 0.3) is 11.8 Å². The second-order valence-corrected chi connectivity index (χ2v) is 7.30. The van der Waals surface area contributed by atoms with Crippen LogP contribution in [0.3, 0.4) is 0 Å². The minimum atomic E-state index is -0.342. The Kier molecular flexibility index (Phi) is 4.62. The number of para-hydroxylation sites is 1. The molecule has 1 aliphatic heterocycles. The first-order chi connectivity index (χ1) is 13.5. The maximum absolute atomic E-state index is 12.5. The van der Waals surface area contributed by atoms with Crippen LogP contribution in [-0.4, -0.2) is 22.7 Å². The van der Waals surface area contributed by atoms with Crippen molar-refractivity contribution in [3.05, 3.63) is 70.2 Å². The number of hydrogen-bond acceptors (Lipinski definition) is 5. The maximum Gasteiger partial charge on any atom is 0.267 e. The van der Waals surface area contributed by atoms with E-state index in [1.54, 1.807) is 37.3 Å². The van der Waals surface area contributed by atoms with Crippen molar-refractivity contribution in [1.29, 1.82) is 0 Å². The Balaban J connectivity index is 1.48. The number of benzene rings is 2. The van der Waals surface area contributed by atoms with Crippen LogP contribution in [0.5, 0.6) is 0 Å². The molecule has 1 aliphatic rings. The number of carbonyl (C=O) groups excluding carboxylic acids is 3. The smallest absolute Gasteiger partial charge is 0.267 e. The molecule has 8 heteroatoms. The summed E-state index contributed by atoms with van der Waals surface area (Å²) in [5.74, 6) is -0.702. The van der Waals surface area contributed by atoms with Gasteiger partial charge < -0.3 is 10.6 Å². The van der Waals surface area contributed by atoms with Crippen molar-refractivity contribution in [2.24, 2.45) is 0 Å². The van der Waals surface area contributed by atoms with E-state index in [1.165, 1.54) is 0 Å². The van der Waals surface area contributed by atoms with Gasteiger partial charge in [0.15, 0.2) is 5.13 Å². The molecule has 2 aromatic carbocycles. The van der Waals surface area contributed by atoms with E-state index in [0.717, 1.165) is 22.6 Å². The van der Waals surface area contributed by atoms with Crippen LogP contribution in [-0.2, 0) is 11.2 Å². The summed E-state index contributed by atoms with van der Waals surface area (Å²) >= 11 is 1.11. The molecule has 28 heavy (non-hydrogen) atoms. The molecule has 4 rings (SSSR count). The van der Waals surface area contributed by atoms with Gasteiger partial charge in [-0.25, -0.2) is 4.98 Å². The van der Waals surface area contributed by atoms with E-state index < -0.39 is 0 Å². The number of amides is 3. The van der Waals surface area contributed by atoms with E-state index in [4.69, 9.17) is 0 Å². The van der Waals surface area contributed by atoms with Gasteiger partial charge in [0.2, 0.25) is 5.91 Å². The highest BCUT2D eigenvalue weighted by molar-refractivity contribution is 7.17. The minimum Gasteiger partial charge on any atom is -0.326 e. The summed E-state index contributed by atoms with van der Waals surface area (Å²) in [5.41, 5.74) is 3.17. The van der Waals surface area contributed by atoms with E-state index in [0.29, 0.717) is 27.0 Å². The van der Waals surface area contributed by atoms with Crippen LogP contribution < -0.4 is 16.0 Å². The fraction of sp³-hybridized carbons (Fsp3) is 0.100. The Morgan fingerprint density at radius 2 is 1.86 bits per heavy atom. The number of aryl methyl sites for hydroxylation is 1. The summed E-state index contributed by atoms with van der Waals surface area (Å²) in [6, 6.07) is 14.2. The molecule has 0 radical (unpaired) electrons. The van der Waals surface area contributed by atoms with Crippen LogP contribution >= 0.6 is 11.3 Å². The number of fused-ring (bicyclic) bond motifs is 1. The predicted molar refractivity (Wildman–Crippen MR) is 108 cm³/mol. The maximum atomic E-state index is 12.5. The van der Waals surface area contributed by atoms with Gasteiger partial charge in [-0.1, -0.05) is 29.5 Å². The molecule has 0 bridgehead atoms. The molecule has 3 aromatic rings. The quantitative estimate of drug-likeness (QED) is 0.633. The van der Waals surface area contributed by atoms with E-state index in [-0.39, 0.29) is 24.1 Å². The van der Waals surface area contributed by atoms with Crippen LogP contribution in [0.2, 0.25) is 0 Å². The molecule has 7 nitrogen and oxygen atoms in total. The molecule has 0 fully saturated rings. The van der Waals surface area contributed by atoms with Crippen molar-refractivity contribution in [2.75, 3.05) is 16.0 Å². The van der Waals surface area contributed by atoms with Gasteiger partial charge in [-0.15, -0.1) is 0 Å². The van der Waals surface area contributed by atoms with Crippen molar-refractivity contribution in [3.8, 4) is 0 Å². The second kappa shape index (κ2) is 7.24. The summed E-state index contributed by atoms with van der Waals surface area (Å²) in [5, 5.41) is 8.61. The summed E-state index contributed by atoms with van der Waals surface area (Å²) in [6.07, 6.45) is 0.261. The molecule has 0 atom stereocenters. The lowest BCUT2D eigenvalue weighted by Gasteiger charge is -2.04. The lowest BCUT2D eigenvalue weighted by atomic mass is 10.1. The molecule has 2 heterocycles. The number of nitrogens with one attached hydrogen (secondary N) is 3. The van der Waals surface area contributed by atoms with Gasteiger partial charge in [-0.3, -0.25) is 19.7 Å². The zero-order valence-electron chi connectivity index (χ0n) is 14.9. The lowest BCUT2D eigenvalue weighted by Crippen LogP contribution is -2.12. The molecule has 0 aliphatic carbocycles. The molecular weight excluding hydrogens is 376 g/mol. The van der Waals surface area contributed by atoms with Crippen molar-refractivity contribution in [3.63, 3.8) is 0 Å². The predicted octanol–water partition coefficient (Wildman–Crippen LogP) is 3.45. The van der Waals surface area contributed by atoms with E-state index in [1.807, 2.05) is 18.2 Å². The third-order valence-corrected chi connectivity index (χ3v) is 5.32. The summed E-state index contributed by atoms with van der Waals surface area (Å²) < 4.78 is 0. The molecule has 3 N–H and O–H groups in total. The summed E-state index contributed by atoms with van der Waals surface area (Å²) in [7, 11) is 0. The first-order valence-corrected chi connectivity index (χ1v) is 9.39. The van der Waals surface area contributed by atoms with Crippen LogP contribution in [0.1, 0.15) is 31.3 Å². The number of aromatic nitrogens is 1. The third-order valence-electron chi connectivity index (χ3n) is 4.25. The monoisotopic (exact) mass is 392 g/mol. The van der Waals surface area contributed by atoms with Gasteiger partial charge in [-0.05, 0) is 42.8 Å². The van der Waals surface area contributed by atoms with Crippen LogP contribution in [0, 0.1) is 6.92 Å². The van der Waals surface area contributed by atoms with Gasteiger partial charge >= 0.3 is 0 Å². The Labute approximate surface area is 164 Å². The van der Waals surface area contributed by atoms with E-state index in [2.05, 4.69) is 20.9 Å². The number of thiazole rings is 1. The summed E-state index contributed by atoms with van der Waals surface area (Å²) in [6.45, 7) is 1.72. The molecule has 1 aromatic heterocycles. The molecule has 0 saturated heterocycles. The molecule has 3 amide bonds. The normalized spacial score (nSPS) is 12.2. The molecule has 0 spiro atoms. The highest BCUT2D eigenvalue weighted by atomic mass is 32.1. The highest BCUT2D eigenvalue weighted by Crippen LogP contribution is 2.26. The number of anilines is 3. The summed E-state index contributed by atoms with van der Waals surface area (Å²) in [4.78, 5) is 41.2. The molecule has 0 unspecified atom stereocenters. The number of nitrogens with zero attached hydrogens (tertiary/aromatic N) is 1. The van der Waals surface area contributed by atoms with E-state index >= 15 is 0 Å². The third kappa shape index (κ3) is 3.63.